The molecule has 0 heterocycles. The number of amides is 2. The van der Waals surface area contributed by atoms with Crippen LogP contribution in [0.3, 0.4) is 0 Å². The van der Waals surface area contributed by atoms with E-state index in [0.29, 0.717) is 19.4 Å². The predicted octanol–water partition coefficient (Wildman–Crippen LogP) is 4.66. The number of aryl methyl sites for hydroxylation is 2. The summed E-state index contributed by atoms with van der Waals surface area (Å²) in [6.07, 6.45) is 6.52. The van der Waals surface area contributed by atoms with Crippen LogP contribution in [0.15, 0.2) is 54.6 Å². The van der Waals surface area contributed by atoms with Gasteiger partial charge < -0.3 is 10.2 Å². The molecule has 0 aromatic heterocycles. The highest BCUT2D eigenvalue weighted by atomic mass is 16.2. The van der Waals surface area contributed by atoms with E-state index in [-0.39, 0.29) is 17.9 Å². The number of hydrogen-bond donors (Lipinski definition) is 1. The van der Waals surface area contributed by atoms with Crippen molar-refractivity contribution >= 4 is 11.8 Å². The molecule has 1 aliphatic rings. The Bertz CT molecular complexity index is 811. The molecular weight excluding hydrogens is 372 g/mol. The molecule has 0 spiro atoms. The zero-order chi connectivity index (χ0) is 21.3. The van der Waals surface area contributed by atoms with Crippen molar-refractivity contribution in [2.24, 2.45) is 0 Å². The van der Waals surface area contributed by atoms with Gasteiger partial charge in [0.1, 0.15) is 6.04 Å². The molecule has 30 heavy (non-hydrogen) atoms. The fraction of sp³-hybridized carbons (Fsp3) is 0.462. The molecule has 1 saturated carbocycles. The van der Waals surface area contributed by atoms with Crippen molar-refractivity contribution in [3.05, 3.63) is 71.3 Å². The summed E-state index contributed by atoms with van der Waals surface area (Å²) in [4.78, 5) is 27.8. The average molecular weight is 407 g/mol. The Kier molecular flexibility index (Phi) is 8.06. The van der Waals surface area contributed by atoms with Gasteiger partial charge >= 0.3 is 0 Å². The van der Waals surface area contributed by atoms with Gasteiger partial charge in [-0.05, 0) is 49.3 Å². The minimum absolute atomic E-state index is 0.0208. The molecule has 4 heteroatoms. The van der Waals surface area contributed by atoms with Crippen LogP contribution in [0.1, 0.15) is 62.6 Å². The van der Waals surface area contributed by atoms with E-state index in [1.54, 1.807) is 4.90 Å². The fourth-order valence-corrected chi connectivity index (χ4v) is 4.09. The summed E-state index contributed by atoms with van der Waals surface area (Å²) < 4.78 is 0. The fourth-order valence-electron chi connectivity index (χ4n) is 4.09. The van der Waals surface area contributed by atoms with E-state index in [1.165, 1.54) is 18.4 Å². The van der Waals surface area contributed by atoms with E-state index >= 15 is 0 Å². The van der Waals surface area contributed by atoms with Crippen LogP contribution in [0.4, 0.5) is 0 Å². The van der Waals surface area contributed by atoms with Gasteiger partial charge in [-0.2, -0.15) is 0 Å². The number of benzene rings is 2. The number of carbonyl (C=O) groups is 2. The van der Waals surface area contributed by atoms with E-state index in [2.05, 4.69) is 36.5 Å². The minimum atomic E-state index is -0.485. The Morgan fingerprint density at radius 1 is 0.967 bits per heavy atom. The second-order valence-electron chi connectivity index (χ2n) is 8.34. The van der Waals surface area contributed by atoms with Crippen molar-refractivity contribution in [2.75, 3.05) is 0 Å². The lowest BCUT2D eigenvalue weighted by Crippen LogP contribution is -2.49. The van der Waals surface area contributed by atoms with Crippen LogP contribution in [0.25, 0.3) is 0 Å². The van der Waals surface area contributed by atoms with Gasteiger partial charge in [-0.3, -0.25) is 9.59 Å². The van der Waals surface area contributed by atoms with E-state index in [9.17, 15) is 9.59 Å². The summed E-state index contributed by atoms with van der Waals surface area (Å²) >= 11 is 0. The van der Waals surface area contributed by atoms with Crippen LogP contribution in [-0.4, -0.2) is 28.8 Å². The number of nitrogens with zero attached hydrogens (tertiary/aromatic N) is 1. The molecule has 0 radical (unpaired) electrons. The summed E-state index contributed by atoms with van der Waals surface area (Å²) in [5.74, 6) is -0.0222. The van der Waals surface area contributed by atoms with Crippen LogP contribution < -0.4 is 5.32 Å². The van der Waals surface area contributed by atoms with E-state index in [0.717, 1.165) is 30.4 Å². The molecule has 1 atom stereocenters. The Balaban J connectivity index is 1.66. The minimum Gasteiger partial charge on any atom is -0.352 e. The maximum absolute atomic E-state index is 13.2. The maximum atomic E-state index is 13.2. The Morgan fingerprint density at radius 3 is 2.23 bits per heavy atom. The highest BCUT2D eigenvalue weighted by molar-refractivity contribution is 5.87. The standard InChI is InChI=1S/C26H34N2O2/c1-3-21-13-15-22(16-14-21)17-18-25(29)28(19-23-9-5-4-6-10-23)20(2)26(30)27-24-11-7-8-12-24/h4-6,9-10,13-16,20,24H,3,7-8,11-12,17-19H2,1-2H3,(H,27,30)/t20-/m1/s1. The smallest absolute Gasteiger partial charge is 0.242 e. The first-order valence-electron chi connectivity index (χ1n) is 11.3. The van der Waals surface area contributed by atoms with Crippen molar-refractivity contribution in [3.8, 4) is 0 Å². The molecular formula is C26H34N2O2. The molecule has 1 fully saturated rings. The zero-order valence-electron chi connectivity index (χ0n) is 18.3. The lowest BCUT2D eigenvalue weighted by atomic mass is 10.0. The maximum Gasteiger partial charge on any atom is 0.242 e. The van der Waals surface area contributed by atoms with Crippen molar-refractivity contribution in [1.82, 2.24) is 10.2 Å². The summed E-state index contributed by atoms with van der Waals surface area (Å²) in [6, 6.07) is 18.1. The van der Waals surface area contributed by atoms with E-state index < -0.39 is 6.04 Å². The van der Waals surface area contributed by atoms with Crippen LogP contribution >= 0.6 is 0 Å². The third-order valence-electron chi connectivity index (χ3n) is 6.12. The van der Waals surface area contributed by atoms with Crippen molar-refractivity contribution in [3.63, 3.8) is 0 Å². The summed E-state index contributed by atoms with van der Waals surface area (Å²) in [7, 11) is 0. The highest BCUT2D eigenvalue weighted by Crippen LogP contribution is 2.19. The molecule has 4 nitrogen and oxygen atoms in total. The molecule has 1 aliphatic carbocycles. The first kappa shape index (κ1) is 22.1. The quantitative estimate of drug-likeness (QED) is 0.659. The van der Waals surface area contributed by atoms with Gasteiger partial charge in [0.15, 0.2) is 0 Å². The van der Waals surface area contributed by atoms with Gasteiger partial charge in [0, 0.05) is 19.0 Å². The largest absolute Gasteiger partial charge is 0.352 e. The number of carbonyl (C=O) groups excluding carboxylic acids is 2. The molecule has 160 valence electrons. The van der Waals surface area contributed by atoms with Gasteiger partial charge in [-0.25, -0.2) is 0 Å². The molecule has 0 saturated heterocycles. The molecule has 0 aliphatic heterocycles. The zero-order valence-corrected chi connectivity index (χ0v) is 18.3. The molecule has 0 unspecified atom stereocenters. The molecule has 2 amide bonds. The monoisotopic (exact) mass is 406 g/mol. The molecule has 3 rings (SSSR count). The molecule has 1 N–H and O–H groups in total. The summed E-state index contributed by atoms with van der Waals surface area (Å²) in [6.45, 7) is 4.44. The third kappa shape index (κ3) is 6.19. The Hall–Kier alpha value is -2.62. The molecule has 0 bridgehead atoms. The lowest BCUT2D eigenvalue weighted by molar-refractivity contribution is -0.140. The number of rotatable bonds is 9. The lowest BCUT2D eigenvalue weighted by Gasteiger charge is -2.30. The van der Waals surface area contributed by atoms with Crippen LogP contribution in [-0.2, 0) is 29.0 Å². The van der Waals surface area contributed by atoms with E-state index in [1.807, 2.05) is 37.3 Å². The summed E-state index contributed by atoms with van der Waals surface area (Å²) in [5.41, 5.74) is 3.50. The van der Waals surface area contributed by atoms with Gasteiger partial charge in [0.05, 0.1) is 0 Å². The number of hydrogen-bond acceptors (Lipinski definition) is 2. The van der Waals surface area contributed by atoms with Gasteiger partial charge in [0.2, 0.25) is 11.8 Å². The summed E-state index contributed by atoms with van der Waals surface area (Å²) in [5, 5.41) is 3.15. The first-order chi connectivity index (χ1) is 14.6. The third-order valence-corrected chi connectivity index (χ3v) is 6.12. The normalized spacial score (nSPS) is 15.0. The second kappa shape index (κ2) is 11.0. The Morgan fingerprint density at radius 2 is 1.60 bits per heavy atom. The van der Waals surface area contributed by atoms with Gasteiger partial charge in [-0.15, -0.1) is 0 Å². The Labute approximate surface area is 180 Å². The SMILES string of the molecule is CCc1ccc(CCC(=O)N(Cc2ccccc2)[C@H](C)C(=O)NC2CCCC2)cc1. The van der Waals surface area contributed by atoms with Gasteiger partial charge in [-0.1, -0.05) is 74.4 Å². The molecule has 2 aromatic rings. The number of nitrogens with one attached hydrogen (secondary N) is 1. The highest BCUT2D eigenvalue weighted by Gasteiger charge is 2.28. The van der Waals surface area contributed by atoms with Crippen molar-refractivity contribution in [2.45, 2.75) is 77.4 Å². The van der Waals surface area contributed by atoms with Crippen LogP contribution in [0.2, 0.25) is 0 Å². The van der Waals surface area contributed by atoms with Crippen molar-refractivity contribution in [1.29, 1.82) is 0 Å². The second-order valence-corrected chi connectivity index (χ2v) is 8.34. The predicted molar refractivity (Wildman–Crippen MR) is 121 cm³/mol. The first-order valence-corrected chi connectivity index (χ1v) is 11.3. The molecule has 2 aromatic carbocycles. The average Bonchev–Trinajstić information content (AvgIpc) is 3.29. The van der Waals surface area contributed by atoms with Gasteiger partial charge in [0.25, 0.3) is 0 Å². The topological polar surface area (TPSA) is 49.4 Å². The van der Waals surface area contributed by atoms with Crippen molar-refractivity contribution < 1.29 is 9.59 Å². The van der Waals surface area contributed by atoms with Crippen LogP contribution in [0, 0.1) is 0 Å². The van der Waals surface area contributed by atoms with E-state index in [4.69, 9.17) is 0 Å². The van der Waals surface area contributed by atoms with Crippen LogP contribution in [0.5, 0.6) is 0 Å².